The first-order valence-corrected chi connectivity index (χ1v) is 15.3. The van der Waals surface area contributed by atoms with Gasteiger partial charge in [0.05, 0.1) is 11.1 Å². The van der Waals surface area contributed by atoms with Gasteiger partial charge in [0.25, 0.3) is 0 Å². The van der Waals surface area contributed by atoms with E-state index in [1.165, 1.54) is 16.7 Å². The van der Waals surface area contributed by atoms with Crippen LogP contribution in [0.4, 0.5) is 10.2 Å². The fourth-order valence-electron chi connectivity index (χ4n) is 6.33. The molecule has 234 valence electrons. The van der Waals surface area contributed by atoms with Crippen LogP contribution in [-0.4, -0.2) is 68.7 Å². The highest BCUT2D eigenvalue weighted by Crippen LogP contribution is 2.39. The van der Waals surface area contributed by atoms with E-state index in [2.05, 4.69) is 16.5 Å². The lowest BCUT2D eigenvalue weighted by molar-refractivity contribution is -0.128. The summed E-state index contributed by atoms with van der Waals surface area (Å²) in [4.78, 5) is 44.6. The van der Waals surface area contributed by atoms with Crippen LogP contribution >= 0.6 is 0 Å². The molecule has 1 saturated heterocycles. The van der Waals surface area contributed by atoms with Crippen LogP contribution in [0, 0.1) is 5.82 Å². The van der Waals surface area contributed by atoms with Crippen molar-refractivity contribution in [2.24, 2.45) is 0 Å². The Morgan fingerprint density at radius 2 is 1.87 bits per heavy atom. The third kappa shape index (κ3) is 5.19. The van der Waals surface area contributed by atoms with Crippen LogP contribution in [0.5, 0.6) is 11.5 Å². The standard InChI is InChI=1S/C34H37FN6O4/c1-7-22-10-9-11-25-28(22)30-24(35)16-23-32(40-18-20(5)39(17-21(40)6)27(42)8-2)38-34(43)41(33(23)37-30)31-26(45-15-14-44-25)12-13-36-29(31)19(3)4/h8-13,16,19-21H,2,7,14-15,17-18H2,1,3-6H3/t20-,21+/m1/s1. The molecule has 0 spiro atoms. The number of aryl methyl sites for hydroxylation is 1. The minimum Gasteiger partial charge on any atom is -0.489 e. The lowest BCUT2D eigenvalue weighted by Gasteiger charge is -2.44. The van der Waals surface area contributed by atoms with Crippen molar-refractivity contribution >= 4 is 22.8 Å². The normalized spacial score (nSPS) is 18.0. The number of hydrogen-bond donors (Lipinski definition) is 0. The number of carbonyl (C=O) groups excluding carboxylic acids is 1. The number of rotatable bonds is 4. The molecule has 45 heavy (non-hydrogen) atoms. The lowest BCUT2D eigenvalue weighted by atomic mass is 9.99. The van der Waals surface area contributed by atoms with E-state index in [9.17, 15) is 9.59 Å². The van der Waals surface area contributed by atoms with Crippen molar-refractivity contribution in [1.82, 2.24) is 24.4 Å². The molecule has 1 amide bonds. The molecule has 0 radical (unpaired) electrons. The van der Waals surface area contributed by atoms with Gasteiger partial charge in [-0.1, -0.05) is 39.5 Å². The van der Waals surface area contributed by atoms with Crippen LogP contribution in [0.15, 0.2) is 54.0 Å². The molecule has 2 bridgehead atoms. The summed E-state index contributed by atoms with van der Waals surface area (Å²) >= 11 is 0. The minimum absolute atomic E-state index is 0.0843. The average molecular weight is 613 g/mol. The Balaban J connectivity index is 1.70. The van der Waals surface area contributed by atoms with E-state index >= 15 is 4.39 Å². The van der Waals surface area contributed by atoms with Gasteiger partial charge < -0.3 is 19.3 Å². The van der Waals surface area contributed by atoms with Gasteiger partial charge in [0.15, 0.2) is 11.5 Å². The van der Waals surface area contributed by atoms with Crippen LogP contribution < -0.4 is 20.1 Å². The smallest absolute Gasteiger partial charge is 0.356 e. The molecular weight excluding hydrogens is 575 g/mol. The van der Waals surface area contributed by atoms with Crippen molar-refractivity contribution in [2.75, 3.05) is 31.2 Å². The molecule has 0 unspecified atom stereocenters. The minimum atomic E-state index is -0.593. The maximum absolute atomic E-state index is 16.5. The van der Waals surface area contributed by atoms with Gasteiger partial charge in [-0.25, -0.2) is 18.7 Å². The Morgan fingerprint density at radius 1 is 1.11 bits per heavy atom. The van der Waals surface area contributed by atoms with E-state index in [0.29, 0.717) is 59.2 Å². The predicted molar refractivity (Wildman–Crippen MR) is 171 cm³/mol. The Labute approximate surface area is 261 Å². The predicted octanol–water partition coefficient (Wildman–Crippen LogP) is 5.05. The number of amides is 1. The first kappa shape index (κ1) is 30.2. The van der Waals surface area contributed by atoms with E-state index < -0.39 is 11.5 Å². The molecule has 11 heteroatoms. The average Bonchev–Trinajstić information content (AvgIpc) is 3.02. The monoisotopic (exact) mass is 612 g/mol. The number of benzene rings is 1. The topological polar surface area (TPSA) is 103 Å². The molecule has 2 aliphatic rings. The number of carbonyl (C=O) groups is 1. The molecule has 0 aliphatic carbocycles. The second-order valence-electron chi connectivity index (χ2n) is 11.8. The number of anilines is 1. The zero-order valence-electron chi connectivity index (χ0n) is 26.2. The summed E-state index contributed by atoms with van der Waals surface area (Å²) < 4.78 is 30.2. The van der Waals surface area contributed by atoms with Gasteiger partial charge in [-0.2, -0.15) is 4.98 Å². The molecule has 1 fully saturated rings. The van der Waals surface area contributed by atoms with E-state index in [4.69, 9.17) is 14.5 Å². The number of hydrogen-bond acceptors (Lipinski definition) is 8. The summed E-state index contributed by atoms with van der Waals surface area (Å²) in [5.41, 5.74) is 2.14. The molecule has 6 rings (SSSR count). The lowest BCUT2D eigenvalue weighted by Crippen LogP contribution is -2.58. The molecule has 2 aliphatic heterocycles. The summed E-state index contributed by atoms with van der Waals surface area (Å²) in [6, 6.07) is 8.25. The zero-order chi connectivity index (χ0) is 32.0. The number of nitrogens with zero attached hydrogens (tertiary/aromatic N) is 6. The SMILES string of the molecule is C=CC(=O)N1C[C@H](C)N(c2nc(=O)n3c4nc(c(F)cc24)-c2c(CC)cccc2OCCOc2ccnc(C(C)C)c2-3)C[C@H]1C. The summed E-state index contributed by atoms with van der Waals surface area (Å²) in [5.74, 6) is 0.391. The Bertz CT molecular complexity index is 1870. The maximum atomic E-state index is 16.5. The highest BCUT2D eigenvalue weighted by atomic mass is 19.1. The second kappa shape index (κ2) is 11.9. The molecule has 0 N–H and O–H groups in total. The molecule has 5 heterocycles. The molecule has 10 nitrogen and oxygen atoms in total. The van der Waals surface area contributed by atoms with Gasteiger partial charge in [0.1, 0.15) is 41.9 Å². The van der Waals surface area contributed by atoms with Crippen LogP contribution in [0.1, 0.15) is 51.8 Å². The van der Waals surface area contributed by atoms with Crippen molar-refractivity contribution in [3.63, 3.8) is 0 Å². The van der Waals surface area contributed by atoms with Crippen LogP contribution in [0.2, 0.25) is 0 Å². The van der Waals surface area contributed by atoms with E-state index in [0.717, 1.165) is 5.56 Å². The summed E-state index contributed by atoms with van der Waals surface area (Å²) in [6.07, 6.45) is 3.56. The highest BCUT2D eigenvalue weighted by molar-refractivity contribution is 5.92. The highest BCUT2D eigenvalue weighted by Gasteiger charge is 2.34. The van der Waals surface area contributed by atoms with Crippen LogP contribution in [0.25, 0.3) is 28.0 Å². The number of pyridine rings is 2. The fraction of sp³-hybridized carbons (Fsp3) is 0.382. The van der Waals surface area contributed by atoms with E-state index in [1.807, 2.05) is 51.7 Å². The van der Waals surface area contributed by atoms with Crippen molar-refractivity contribution < 1.29 is 18.7 Å². The largest absolute Gasteiger partial charge is 0.489 e. The van der Waals surface area contributed by atoms with Gasteiger partial charge in [-0.05, 0) is 50.0 Å². The number of halogens is 1. The van der Waals surface area contributed by atoms with Gasteiger partial charge in [-0.3, -0.25) is 9.78 Å². The maximum Gasteiger partial charge on any atom is 0.356 e. The van der Waals surface area contributed by atoms with Crippen molar-refractivity contribution in [3.05, 3.63) is 76.7 Å². The quantitative estimate of drug-likeness (QED) is 0.295. The fourth-order valence-corrected chi connectivity index (χ4v) is 6.33. The molecule has 1 aromatic carbocycles. The Kier molecular flexibility index (Phi) is 8.03. The van der Waals surface area contributed by atoms with Gasteiger partial charge in [-0.15, -0.1) is 0 Å². The van der Waals surface area contributed by atoms with E-state index in [1.54, 1.807) is 23.2 Å². The van der Waals surface area contributed by atoms with Gasteiger partial charge >= 0.3 is 5.69 Å². The molecule has 2 atom stereocenters. The molecule has 4 aromatic rings. The Morgan fingerprint density at radius 3 is 2.58 bits per heavy atom. The molecule has 3 aromatic heterocycles. The number of aromatic nitrogens is 4. The number of fused-ring (bicyclic) bond motifs is 5. The first-order chi connectivity index (χ1) is 21.6. The summed E-state index contributed by atoms with van der Waals surface area (Å²) in [7, 11) is 0. The first-order valence-electron chi connectivity index (χ1n) is 15.3. The van der Waals surface area contributed by atoms with Crippen molar-refractivity contribution in [2.45, 2.75) is 59.0 Å². The second-order valence-corrected chi connectivity index (χ2v) is 11.8. The zero-order valence-corrected chi connectivity index (χ0v) is 26.2. The molecular formula is C34H37FN6O4. The van der Waals surface area contributed by atoms with Crippen molar-refractivity contribution in [1.29, 1.82) is 0 Å². The third-order valence-electron chi connectivity index (χ3n) is 8.53. The number of piperazine rings is 1. The van der Waals surface area contributed by atoms with Gasteiger partial charge in [0, 0.05) is 43.0 Å². The van der Waals surface area contributed by atoms with Gasteiger partial charge in [0.2, 0.25) is 5.91 Å². The van der Waals surface area contributed by atoms with Crippen molar-refractivity contribution in [3.8, 4) is 28.4 Å². The summed E-state index contributed by atoms with van der Waals surface area (Å²) in [6.45, 7) is 14.6. The van der Waals surface area contributed by atoms with E-state index in [-0.39, 0.29) is 48.5 Å². The van der Waals surface area contributed by atoms with Crippen LogP contribution in [0.3, 0.4) is 0 Å². The third-order valence-corrected chi connectivity index (χ3v) is 8.53. The molecule has 0 saturated carbocycles. The number of ether oxygens (including phenoxy) is 2. The van der Waals surface area contributed by atoms with Crippen LogP contribution in [-0.2, 0) is 11.2 Å². The summed E-state index contributed by atoms with van der Waals surface area (Å²) in [5, 5.41) is 0.358. The Hall–Kier alpha value is -4.80.